The Morgan fingerprint density at radius 2 is 1.82 bits per heavy atom. The molecule has 3 heterocycles. The molecule has 1 amide bonds. The normalized spacial score (nSPS) is 15.5. The standard InChI is InChI=1S/C20H21N7O5S/c1-31-12-7-13(32-2)23-19(22-12)21-11(28)8-33-18-14-16(24-15(25-18)9-3-4-9)27(10-5-6-10)20(30)26-17(14)29/h7,9-10H,3-6,8H2,1-2H3,(H,26,29,30)(H,21,22,23,28). The third-order valence-electron chi connectivity index (χ3n) is 5.31. The van der Waals surface area contributed by atoms with Crippen LogP contribution in [-0.4, -0.2) is 55.4 Å². The number of amides is 1. The van der Waals surface area contributed by atoms with Crippen molar-refractivity contribution in [3.63, 3.8) is 0 Å². The zero-order valence-electron chi connectivity index (χ0n) is 18.0. The Morgan fingerprint density at radius 1 is 1.12 bits per heavy atom. The van der Waals surface area contributed by atoms with Gasteiger partial charge in [-0.15, -0.1) is 0 Å². The first-order chi connectivity index (χ1) is 16.0. The molecule has 0 atom stereocenters. The molecule has 0 unspecified atom stereocenters. The predicted molar refractivity (Wildman–Crippen MR) is 119 cm³/mol. The number of hydrogen-bond acceptors (Lipinski definition) is 10. The fourth-order valence-corrected chi connectivity index (χ4v) is 4.22. The number of carbonyl (C=O) groups is 1. The van der Waals surface area contributed by atoms with Crippen molar-refractivity contribution in [2.24, 2.45) is 0 Å². The van der Waals surface area contributed by atoms with Crippen molar-refractivity contribution in [2.45, 2.75) is 42.7 Å². The third-order valence-corrected chi connectivity index (χ3v) is 6.29. The van der Waals surface area contributed by atoms with E-state index >= 15 is 0 Å². The molecule has 2 aliphatic carbocycles. The minimum absolute atomic E-state index is 0.0279. The molecule has 172 valence electrons. The highest BCUT2D eigenvalue weighted by molar-refractivity contribution is 8.00. The molecule has 0 bridgehead atoms. The summed E-state index contributed by atoms with van der Waals surface area (Å²) in [5, 5.41) is 3.19. The first-order valence-electron chi connectivity index (χ1n) is 10.4. The summed E-state index contributed by atoms with van der Waals surface area (Å²) in [6, 6.07) is 1.52. The molecule has 2 N–H and O–H groups in total. The van der Waals surface area contributed by atoms with Crippen molar-refractivity contribution in [1.29, 1.82) is 0 Å². The number of H-pyrrole nitrogens is 1. The molecule has 13 heteroatoms. The van der Waals surface area contributed by atoms with Crippen LogP contribution in [0.15, 0.2) is 20.7 Å². The van der Waals surface area contributed by atoms with Crippen LogP contribution in [0.3, 0.4) is 0 Å². The van der Waals surface area contributed by atoms with Gasteiger partial charge in [-0.05, 0) is 25.7 Å². The maximum Gasteiger partial charge on any atom is 0.330 e. The predicted octanol–water partition coefficient (Wildman–Crippen LogP) is 1.23. The van der Waals surface area contributed by atoms with Crippen molar-refractivity contribution in [3.8, 4) is 11.8 Å². The van der Waals surface area contributed by atoms with E-state index in [9.17, 15) is 14.4 Å². The molecule has 33 heavy (non-hydrogen) atoms. The highest BCUT2D eigenvalue weighted by atomic mass is 32.2. The van der Waals surface area contributed by atoms with Crippen LogP contribution in [0.4, 0.5) is 5.95 Å². The summed E-state index contributed by atoms with van der Waals surface area (Å²) in [7, 11) is 2.89. The molecule has 2 saturated carbocycles. The van der Waals surface area contributed by atoms with Gasteiger partial charge in [0.1, 0.15) is 16.2 Å². The van der Waals surface area contributed by atoms with Crippen LogP contribution >= 0.6 is 11.8 Å². The number of nitrogens with one attached hydrogen (secondary N) is 2. The number of aromatic amines is 1. The Balaban J connectivity index is 1.44. The van der Waals surface area contributed by atoms with E-state index in [0.717, 1.165) is 37.4 Å². The zero-order chi connectivity index (χ0) is 23.1. The number of thioether (sulfide) groups is 1. The summed E-state index contributed by atoms with van der Waals surface area (Å²) in [4.78, 5) is 57.4. The number of aromatic nitrogens is 6. The average Bonchev–Trinajstić information content (AvgIpc) is 3.70. The largest absolute Gasteiger partial charge is 0.481 e. The van der Waals surface area contributed by atoms with Gasteiger partial charge in [0, 0.05) is 12.0 Å². The van der Waals surface area contributed by atoms with E-state index in [0.29, 0.717) is 16.5 Å². The van der Waals surface area contributed by atoms with Gasteiger partial charge in [0.15, 0.2) is 5.65 Å². The minimum atomic E-state index is -0.557. The lowest BCUT2D eigenvalue weighted by molar-refractivity contribution is -0.113. The van der Waals surface area contributed by atoms with Crippen LogP contribution < -0.4 is 26.0 Å². The first kappa shape index (κ1) is 21.4. The fraction of sp³-hybridized carbons (Fsp3) is 0.450. The Bertz CT molecular complexity index is 1340. The maximum absolute atomic E-state index is 12.7. The van der Waals surface area contributed by atoms with E-state index in [1.165, 1.54) is 20.3 Å². The number of anilines is 1. The molecule has 0 radical (unpaired) electrons. The number of methoxy groups -OCH3 is 2. The Morgan fingerprint density at radius 3 is 2.42 bits per heavy atom. The highest BCUT2D eigenvalue weighted by Gasteiger charge is 2.32. The van der Waals surface area contributed by atoms with E-state index in [4.69, 9.17) is 9.47 Å². The third kappa shape index (κ3) is 4.40. The molecule has 2 fully saturated rings. The molecular formula is C20H21N7O5S. The van der Waals surface area contributed by atoms with Gasteiger partial charge in [0.25, 0.3) is 5.56 Å². The van der Waals surface area contributed by atoms with Crippen LogP contribution in [0.25, 0.3) is 11.0 Å². The monoisotopic (exact) mass is 471 g/mol. The average molecular weight is 471 g/mol. The van der Waals surface area contributed by atoms with Gasteiger partial charge in [-0.3, -0.25) is 24.5 Å². The summed E-state index contributed by atoms with van der Waals surface area (Å²) in [6.07, 6.45) is 3.64. The highest BCUT2D eigenvalue weighted by Crippen LogP contribution is 2.40. The minimum Gasteiger partial charge on any atom is -0.481 e. The molecule has 3 aromatic rings. The first-order valence-corrected chi connectivity index (χ1v) is 11.4. The molecule has 12 nitrogen and oxygen atoms in total. The summed E-state index contributed by atoms with van der Waals surface area (Å²) in [6.45, 7) is 0. The van der Waals surface area contributed by atoms with Crippen molar-refractivity contribution in [2.75, 3.05) is 25.3 Å². The summed E-state index contributed by atoms with van der Waals surface area (Å²) < 4.78 is 11.7. The van der Waals surface area contributed by atoms with E-state index in [-0.39, 0.29) is 40.8 Å². The Labute approximate surface area is 191 Å². The summed E-state index contributed by atoms with van der Waals surface area (Å²) in [5.41, 5.74) is -0.682. The van der Waals surface area contributed by atoms with E-state index in [1.807, 2.05) is 0 Å². The molecule has 2 aliphatic rings. The molecular weight excluding hydrogens is 450 g/mol. The van der Waals surface area contributed by atoms with Crippen molar-refractivity contribution in [1.82, 2.24) is 29.5 Å². The van der Waals surface area contributed by atoms with Gasteiger partial charge in [0.2, 0.25) is 23.6 Å². The number of hydrogen-bond donors (Lipinski definition) is 2. The van der Waals surface area contributed by atoms with Crippen LogP contribution in [0.2, 0.25) is 0 Å². The smallest absolute Gasteiger partial charge is 0.330 e. The quantitative estimate of drug-likeness (QED) is 0.362. The van der Waals surface area contributed by atoms with Crippen molar-refractivity contribution < 1.29 is 14.3 Å². The zero-order valence-corrected chi connectivity index (χ0v) is 18.8. The fourth-order valence-electron chi connectivity index (χ4n) is 3.40. The molecule has 0 aromatic carbocycles. The number of ether oxygens (including phenoxy) is 2. The van der Waals surface area contributed by atoms with Gasteiger partial charge in [-0.1, -0.05) is 11.8 Å². The van der Waals surface area contributed by atoms with E-state index in [2.05, 4.69) is 30.2 Å². The van der Waals surface area contributed by atoms with Crippen LogP contribution in [0, 0.1) is 0 Å². The summed E-state index contributed by atoms with van der Waals surface area (Å²) >= 11 is 1.10. The number of rotatable bonds is 8. The second kappa shape index (κ2) is 8.46. The van der Waals surface area contributed by atoms with E-state index < -0.39 is 17.2 Å². The van der Waals surface area contributed by atoms with Gasteiger partial charge in [-0.25, -0.2) is 14.8 Å². The Hall–Kier alpha value is -3.48. The maximum atomic E-state index is 12.7. The van der Waals surface area contributed by atoms with Crippen LogP contribution in [-0.2, 0) is 4.79 Å². The lowest BCUT2D eigenvalue weighted by Gasteiger charge is -2.12. The second-order valence-corrected chi connectivity index (χ2v) is 8.80. The number of carbonyl (C=O) groups excluding carboxylic acids is 1. The van der Waals surface area contributed by atoms with Crippen LogP contribution in [0.1, 0.15) is 43.5 Å². The van der Waals surface area contributed by atoms with Crippen LogP contribution in [0.5, 0.6) is 11.8 Å². The Kier molecular flexibility index (Phi) is 5.48. The molecule has 3 aromatic heterocycles. The molecule has 0 saturated heterocycles. The van der Waals surface area contributed by atoms with Gasteiger partial charge in [0.05, 0.1) is 26.0 Å². The summed E-state index contributed by atoms with van der Waals surface area (Å²) in [5.74, 6) is 0.870. The van der Waals surface area contributed by atoms with Crippen molar-refractivity contribution >= 4 is 34.7 Å². The lowest BCUT2D eigenvalue weighted by Crippen LogP contribution is -2.31. The van der Waals surface area contributed by atoms with Gasteiger partial charge < -0.3 is 9.47 Å². The second-order valence-electron chi connectivity index (χ2n) is 7.83. The molecule has 5 rings (SSSR count). The number of fused-ring (bicyclic) bond motifs is 1. The van der Waals surface area contributed by atoms with Crippen molar-refractivity contribution in [3.05, 3.63) is 32.7 Å². The van der Waals surface area contributed by atoms with Gasteiger partial charge in [-0.2, -0.15) is 9.97 Å². The molecule has 0 spiro atoms. The lowest BCUT2D eigenvalue weighted by atomic mass is 10.3. The topological polar surface area (TPSA) is 154 Å². The number of nitrogens with zero attached hydrogens (tertiary/aromatic N) is 5. The van der Waals surface area contributed by atoms with Gasteiger partial charge >= 0.3 is 5.69 Å². The van der Waals surface area contributed by atoms with E-state index in [1.54, 1.807) is 4.57 Å². The molecule has 0 aliphatic heterocycles. The SMILES string of the molecule is COc1cc(OC)nc(NC(=O)CSc2nc(C3CC3)nc3c2c(=O)[nH]c(=O)n3C2CC2)n1.